The molecular formula is C26H28BrNO5. The molecule has 1 atom stereocenters. The van der Waals surface area contributed by atoms with Crippen LogP contribution in [0.2, 0.25) is 0 Å². The summed E-state index contributed by atoms with van der Waals surface area (Å²) < 4.78 is 23.9. The largest absolute Gasteiger partial charge is 0.504 e. The molecule has 0 saturated heterocycles. The van der Waals surface area contributed by atoms with Gasteiger partial charge in [0.1, 0.15) is 6.61 Å². The van der Waals surface area contributed by atoms with Crippen molar-refractivity contribution in [3.63, 3.8) is 0 Å². The highest BCUT2D eigenvalue weighted by Crippen LogP contribution is 2.47. The SMILES string of the molecule is COc1cc(Br)c(CC2NCCc3cc(OC)c(OC)c(OCc4ccccc4)c32)cc1O. The molecule has 33 heavy (non-hydrogen) atoms. The molecular weight excluding hydrogens is 486 g/mol. The average Bonchev–Trinajstić information content (AvgIpc) is 2.84. The number of halogens is 1. The summed E-state index contributed by atoms with van der Waals surface area (Å²) in [4.78, 5) is 0. The van der Waals surface area contributed by atoms with E-state index in [0.29, 0.717) is 36.0 Å². The highest BCUT2D eigenvalue weighted by atomic mass is 79.9. The first-order valence-corrected chi connectivity index (χ1v) is 11.6. The average molecular weight is 514 g/mol. The van der Waals surface area contributed by atoms with Gasteiger partial charge in [-0.05, 0) is 54.3 Å². The number of phenolic OH excluding ortho intramolecular Hbond substituents is 1. The van der Waals surface area contributed by atoms with Crippen LogP contribution < -0.4 is 24.3 Å². The summed E-state index contributed by atoms with van der Waals surface area (Å²) in [5.74, 6) is 2.46. The van der Waals surface area contributed by atoms with Crippen molar-refractivity contribution in [2.45, 2.75) is 25.5 Å². The van der Waals surface area contributed by atoms with Crippen LogP contribution >= 0.6 is 15.9 Å². The Morgan fingerprint density at radius 2 is 1.73 bits per heavy atom. The van der Waals surface area contributed by atoms with Crippen molar-refractivity contribution >= 4 is 15.9 Å². The molecule has 0 spiro atoms. The Bertz CT molecular complexity index is 1120. The lowest BCUT2D eigenvalue weighted by Crippen LogP contribution is -2.32. The maximum Gasteiger partial charge on any atom is 0.203 e. The number of aromatic hydroxyl groups is 1. The van der Waals surface area contributed by atoms with Gasteiger partial charge < -0.3 is 29.4 Å². The van der Waals surface area contributed by atoms with Crippen LogP contribution in [0.25, 0.3) is 0 Å². The van der Waals surface area contributed by atoms with Gasteiger partial charge in [0, 0.05) is 16.1 Å². The molecule has 0 bridgehead atoms. The summed E-state index contributed by atoms with van der Waals surface area (Å²) in [5, 5.41) is 13.9. The number of benzene rings is 3. The minimum Gasteiger partial charge on any atom is -0.504 e. The zero-order valence-corrected chi connectivity index (χ0v) is 20.6. The molecule has 0 fully saturated rings. The van der Waals surface area contributed by atoms with Gasteiger partial charge >= 0.3 is 0 Å². The van der Waals surface area contributed by atoms with E-state index in [2.05, 4.69) is 21.2 Å². The van der Waals surface area contributed by atoms with E-state index < -0.39 is 0 Å². The second kappa shape index (κ2) is 10.4. The van der Waals surface area contributed by atoms with Gasteiger partial charge in [0.15, 0.2) is 23.0 Å². The Balaban J connectivity index is 1.75. The van der Waals surface area contributed by atoms with E-state index in [4.69, 9.17) is 18.9 Å². The maximum atomic E-state index is 10.3. The molecule has 174 valence electrons. The van der Waals surface area contributed by atoms with Crippen LogP contribution in [0.15, 0.2) is 53.0 Å². The molecule has 0 aromatic heterocycles. The van der Waals surface area contributed by atoms with Gasteiger partial charge in [-0.15, -0.1) is 0 Å². The van der Waals surface area contributed by atoms with E-state index in [0.717, 1.165) is 39.7 Å². The summed E-state index contributed by atoms with van der Waals surface area (Å²) in [6, 6.07) is 15.6. The van der Waals surface area contributed by atoms with Gasteiger partial charge in [0.2, 0.25) is 5.75 Å². The Labute approximate surface area is 202 Å². The van der Waals surface area contributed by atoms with Crippen molar-refractivity contribution in [2.75, 3.05) is 27.9 Å². The van der Waals surface area contributed by atoms with E-state index in [1.807, 2.05) is 36.4 Å². The first-order chi connectivity index (χ1) is 16.0. The van der Waals surface area contributed by atoms with Gasteiger partial charge in [-0.3, -0.25) is 0 Å². The number of hydrogen-bond donors (Lipinski definition) is 2. The molecule has 1 aliphatic heterocycles. The molecule has 4 rings (SSSR count). The molecule has 1 unspecified atom stereocenters. The quantitative estimate of drug-likeness (QED) is 0.432. The van der Waals surface area contributed by atoms with Crippen LogP contribution in [0.1, 0.15) is 28.3 Å². The topological polar surface area (TPSA) is 69.2 Å². The van der Waals surface area contributed by atoms with Crippen molar-refractivity contribution in [2.24, 2.45) is 0 Å². The molecule has 0 aliphatic carbocycles. The lowest BCUT2D eigenvalue weighted by molar-refractivity contribution is 0.267. The van der Waals surface area contributed by atoms with Crippen LogP contribution in [0.4, 0.5) is 0 Å². The highest BCUT2D eigenvalue weighted by molar-refractivity contribution is 9.10. The fourth-order valence-corrected chi connectivity index (χ4v) is 4.76. The fraction of sp³-hybridized carbons (Fsp3) is 0.308. The monoisotopic (exact) mass is 513 g/mol. The third-order valence-corrected chi connectivity index (χ3v) is 6.62. The summed E-state index contributed by atoms with van der Waals surface area (Å²) >= 11 is 3.62. The molecule has 2 N–H and O–H groups in total. The molecule has 7 heteroatoms. The molecule has 1 aliphatic rings. The number of methoxy groups -OCH3 is 3. The first-order valence-electron chi connectivity index (χ1n) is 10.8. The van der Waals surface area contributed by atoms with E-state index in [9.17, 15) is 5.11 Å². The van der Waals surface area contributed by atoms with Gasteiger partial charge in [-0.25, -0.2) is 0 Å². The normalized spacial score (nSPS) is 15.0. The third-order valence-electron chi connectivity index (χ3n) is 5.88. The number of phenols is 1. The van der Waals surface area contributed by atoms with Crippen LogP contribution in [0, 0.1) is 0 Å². The second-order valence-electron chi connectivity index (χ2n) is 7.86. The highest BCUT2D eigenvalue weighted by Gasteiger charge is 2.30. The van der Waals surface area contributed by atoms with Gasteiger partial charge in [-0.1, -0.05) is 46.3 Å². The molecule has 0 saturated carbocycles. The van der Waals surface area contributed by atoms with Crippen LogP contribution in [0.3, 0.4) is 0 Å². The zero-order chi connectivity index (χ0) is 23.4. The molecule has 6 nitrogen and oxygen atoms in total. The second-order valence-corrected chi connectivity index (χ2v) is 8.72. The van der Waals surface area contributed by atoms with Gasteiger partial charge in [0.25, 0.3) is 0 Å². The number of nitrogens with one attached hydrogen (secondary N) is 1. The number of hydrogen-bond acceptors (Lipinski definition) is 6. The van der Waals surface area contributed by atoms with Crippen molar-refractivity contribution in [1.29, 1.82) is 0 Å². The number of rotatable bonds is 8. The summed E-state index contributed by atoms with van der Waals surface area (Å²) in [7, 11) is 4.81. The predicted octanol–water partition coefficient (Wildman–Crippen LogP) is 5.19. The standard InChI is InChI=1S/C26H28BrNO5/c1-30-22-14-19(27)18(12-21(22)29)11-20-24-17(9-10-28-20)13-23(31-2)25(32-3)26(24)33-15-16-7-5-4-6-8-16/h4-8,12-14,20,28-29H,9-11,15H2,1-3H3. The predicted molar refractivity (Wildman–Crippen MR) is 131 cm³/mol. The summed E-state index contributed by atoms with van der Waals surface area (Å²) in [5.41, 5.74) is 4.24. The Kier molecular flexibility index (Phi) is 7.30. The number of ether oxygens (including phenoxy) is 4. The molecule has 3 aromatic rings. The summed E-state index contributed by atoms with van der Waals surface area (Å²) in [6.45, 7) is 1.24. The Morgan fingerprint density at radius 1 is 0.970 bits per heavy atom. The van der Waals surface area contributed by atoms with Crippen LogP contribution in [-0.4, -0.2) is 33.0 Å². The lowest BCUT2D eigenvalue weighted by atomic mass is 9.88. The van der Waals surface area contributed by atoms with Crippen LogP contribution in [0.5, 0.6) is 28.7 Å². The van der Waals surface area contributed by atoms with Crippen LogP contribution in [-0.2, 0) is 19.4 Å². The minimum atomic E-state index is -0.0385. The molecule has 0 amide bonds. The molecule has 1 heterocycles. The zero-order valence-electron chi connectivity index (χ0n) is 19.0. The fourth-order valence-electron chi connectivity index (χ4n) is 4.27. The van der Waals surface area contributed by atoms with Gasteiger partial charge in [0.05, 0.1) is 21.3 Å². The van der Waals surface area contributed by atoms with Gasteiger partial charge in [-0.2, -0.15) is 0 Å². The lowest BCUT2D eigenvalue weighted by Gasteiger charge is -2.31. The van der Waals surface area contributed by atoms with E-state index >= 15 is 0 Å². The van der Waals surface area contributed by atoms with E-state index in [-0.39, 0.29) is 11.8 Å². The first kappa shape index (κ1) is 23.3. The molecule has 3 aromatic carbocycles. The smallest absolute Gasteiger partial charge is 0.203 e. The Hall–Kier alpha value is -2.90. The van der Waals surface area contributed by atoms with Crippen molar-refractivity contribution in [1.82, 2.24) is 5.32 Å². The minimum absolute atomic E-state index is 0.0385. The Morgan fingerprint density at radius 3 is 2.42 bits per heavy atom. The van der Waals surface area contributed by atoms with Crippen molar-refractivity contribution in [3.8, 4) is 28.7 Å². The van der Waals surface area contributed by atoms with E-state index in [1.165, 1.54) is 7.11 Å². The number of fused-ring (bicyclic) bond motifs is 1. The third kappa shape index (κ3) is 4.89. The molecule has 0 radical (unpaired) electrons. The maximum absolute atomic E-state index is 10.3. The summed E-state index contributed by atoms with van der Waals surface area (Å²) in [6.07, 6.45) is 1.49. The van der Waals surface area contributed by atoms with E-state index in [1.54, 1.807) is 26.4 Å². The van der Waals surface area contributed by atoms with Crippen molar-refractivity contribution in [3.05, 3.63) is 75.3 Å². The van der Waals surface area contributed by atoms with Crippen molar-refractivity contribution < 1.29 is 24.1 Å².